The summed E-state index contributed by atoms with van der Waals surface area (Å²) in [5.41, 5.74) is -0.877. The Bertz CT molecular complexity index is 1210. The van der Waals surface area contributed by atoms with Gasteiger partial charge in [-0.1, -0.05) is 74.3 Å². The van der Waals surface area contributed by atoms with Crippen molar-refractivity contribution in [3.63, 3.8) is 0 Å². The molecule has 47 heavy (non-hydrogen) atoms. The van der Waals surface area contributed by atoms with Crippen molar-refractivity contribution in [2.45, 2.75) is 118 Å². The molecule has 3 aliphatic rings. The molecule has 12 heteroatoms. The first kappa shape index (κ1) is 38.0. The molecule has 2 heterocycles. The van der Waals surface area contributed by atoms with E-state index >= 15 is 0 Å². The van der Waals surface area contributed by atoms with Crippen molar-refractivity contribution in [3.8, 4) is 0 Å². The predicted octanol–water partition coefficient (Wildman–Crippen LogP) is 2.77. The average molecular weight is 659 g/mol. The zero-order valence-corrected chi connectivity index (χ0v) is 29.7. The monoisotopic (exact) mass is 658 g/mol. The Balaban J connectivity index is 1.79. The molecule has 2 unspecified atom stereocenters. The topological polar surface area (TPSA) is 157 Å². The summed E-state index contributed by atoms with van der Waals surface area (Å²) >= 11 is 0. The smallest absolute Gasteiger partial charge is 0.315 e. The number of rotatable bonds is 15. The van der Waals surface area contributed by atoms with Crippen molar-refractivity contribution in [3.05, 3.63) is 12.7 Å². The fourth-order valence-corrected chi connectivity index (χ4v) is 7.03. The van der Waals surface area contributed by atoms with Crippen molar-refractivity contribution in [2.75, 3.05) is 26.2 Å². The Morgan fingerprint density at radius 1 is 1.06 bits per heavy atom. The minimum Gasteiger partial charge on any atom is -0.346 e. The molecule has 264 valence electrons. The molecule has 0 aromatic rings. The van der Waals surface area contributed by atoms with Gasteiger partial charge in [0.15, 0.2) is 0 Å². The van der Waals surface area contributed by atoms with Crippen LogP contribution in [0.1, 0.15) is 93.9 Å². The SMILES string of the molecule is C=CCNC(=O)C(=O)C(CCCC)NC(=O)[C@@H]1[C@@H]2C(CN1C(=O)[C@@H](NC(=O)N[C@H](CN1CCCCC1=O)C(C)C)C(C)(C)C)C2(C)C. The summed E-state index contributed by atoms with van der Waals surface area (Å²) in [4.78, 5) is 83.1. The summed E-state index contributed by atoms with van der Waals surface area (Å²) in [6, 6.07) is -3.65. The van der Waals surface area contributed by atoms with Crippen LogP contribution in [0.2, 0.25) is 0 Å². The van der Waals surface area contributed by atoms with Crippen LogP contribution < -0.4 is 21.3 Å². The molecular weight excluding hydrogens is 600 g/mol. The largest absolute Gasteiger partial charge is 0.346 e. The van der Waals surface area contributed by atoms with E-state index in [1.807, 2.05) is 41.5 Å². The minimum absolute atomic E-state index is 0.0440. The second-order valence-corrected chi connectivity index (χ2v) is 15.5. The first-order valence-electron chi connectivity index (χ1n) is 17.3. The highest BCUT2D eigenvalue weighted by Crippen LogP contribution is 2.65. The van der Waals surface area contributed by atoms with Crippen molar-refractivity contribution < 1.29 is 28.8 Å². The molecule has 2 saturated heterocycles. The number of ketones is 1. The summed E-state index contributed by atoms with van der Waals surface area (Å²) in [7, 11) is 0. The highest BCUT2D eigenvalue weighted by Gasteiger charge is 2.70. The molecular formula is C35H58N6O6. The maximum Gasteiger partial charge on any atom is 0.315 e. The van der Waals surface area contributed by atoms with Crippen LogP contribution in [0.3, 0.4) is 0 Å². The van der Waals surface area contributed by atoms with Gasteiger partial charge in [-0.15, -0.1) is 6.58 Å². The lowest BCUT2D eigenvalue weighted by molar-refractivity contribution is -0.145. The van der Waals surface area contributed by atoms with Gasteiger partial charge < -0.3 is 31.1 Å². The zero-order chi connectivity index (χ0) is 35.3. The van der Waals surface area contributed by atoms with Crippen molar-refractivity contribution in [1.29, 1.82) is 0 Å². The number of likely N-dealkylation sites (tertiary alicyclic amines) is 2. The van der Waals surface area contributed by atoms with Gasteiger partial charge in [-0.3, -0.25) is 24.0 Å². The molecule has 3 rings (SSSR count). The number of carbonyl (C=O) groups excluding carboxylic acids is 6. The van der Waals surface area contributed by atoms with Gasteiger partial charge in [0.25, 0.3) is 5.91 Å². The normalized spacial score (nSPS) is 23.7. The van der Waals surface area contributed by atoms with E-state index in [1.165, 1.54) is 6.08 Å². The van der Waals surface area contributed by atoms with Gasteiger partial charge in [-0.25, -0.2) is 4.79 Å². The molecule has 0 spiro atoms. The Kier molecular flexibility index (Phi) is 12.6. The molecule has 1 aliphatic carbocycles. The number of carbonyl (C=O) groups is 6. The number of hydrogen-bond donors (Lipinski definition) is 4. The molecule has 4 N–H and O–H groups in total. The van der Waals surface area contributed by atoms with Crippen LogP contribution in [0.4, 0.5) is 4.79 Å². The van der Waals surface area contributed by atoms with E-state index in [-0.39, 0.29) is 47.6 Å². The van der Waals surface area contributed by atoms with Crippen LogP contribution in [0.5, 0.6) is 0 Å². The van der Waals surface area contributed by atoms with Crippen LogP contribution >= 0.6 is 0 Å². The Morgan fingerprint density at radius 2 is 1.74 bits per heavy atom. The van der Waals surface area contributed by atoms with Gasteiger partial charge in [-0.05, 0) is 47.8 Å². The molecule has 0 aromatic heterocycles. The summed E-state index contributed by atoms with van der Waals surface area (Å²) < 4.78 is 0. The molecule has 2 aliphatic heterocycles. The Morgan fingerprint density at radius 3 is 2.32 bits per heavy atom. The van der Waals surface area contributed by atoms with E-state index in [2.05, 4.69) is 41.7 Å². The molecule has 6 atom stereocenters. The number of hydrogen-bond acceptors (Lipinski definition) is 6. The van der Waals surface area contributed by atoms with Crippen molar-refractivity contribution in [2.24, 2.45) is 28.6 Å². The number of Topliss-reactive ketones (excluding diaryl/α,β-unsaturated/α-hetero) is 1. The quantitative estimate of drug-likeness (QED) is 0.157. The van der Waals surface area contributed by atoms with E-state index in [9.17, 15) is 28.8 Å². The summed E-state index contributed by atoms with van der Waals surface area (Å²) in [6.45, 7) is 20.7. The number of unbranched alkanes of at least 4 members (excludes halogenated alkanes) is 1. The number of urea groups is 1. The predicted molar refractivity (Wildman–Crippen MR) is 180 cm³/mol. The van der Waals surface area contributed by atoms with E-state index in [4.69, 9.17) is 0 Å². The molecule has 1 saturated carbocycles. The summed E-state index contributed by atoms with van der Waals surface area (Å²) in [6.07, 6.45) is 5.49. The molecule has 3 fully saturated rings. The number of amides is 6. The zero-order valence-electron chi connectivity index (χ0n) is 29.7. The lowest BCUT2D eigenvalue weighted by Crippen LogP contribution is -2.62. The molecule has 0 radical (unpaired) electrons. The van der Waals surface area contributed by atoms with E-state index in [1.54, 1.807) is 9.80 Å². The number of piperidine rings is 2. The van der Waals surface area contributed by atoms with Gasteiger partial charge in [-0.2, -0.15) is 0 Å². The van der Waals surface area contributed by atoms with Crippen molar-refractivity contribution in [1.82, 2.24) is 31.1 Å². The number of nitrogens with one attached hydrogen (secondary N) is 4. The Hall–Kier alpha value is -3.44. The van der Waals surface area contributed by atoms with Gasteiger partial charge in [0, 0.05) is 32.6 Å². The summed E-state index contributed by atoms with van der Waals surface area (Å²) in [5.74, 6) is -2.26. The third-order valence-electron chi connectivity index (χ3n) is 10.2. The first-order chi connectivity index (χ1) is 21.9. The fraction of sp³-hybridized carbons (Fsp3) is 0.771. The number of nitrogens with zero attached hydrogens (tertiary/aromatic N) is 2. The van der Waals surface area contributed by atoms with Crippen LogP contribution in [0, 0.1) is 28.6 Å². The second kappa shape index (κ2) is 15.6. The lowest BCUT2D eigenvalue weighted by Gasteiger charge is -2.38. The van der Waals surface area contributed by atoms with Crippen LogP contribution in [0.15, 0.2) is 12.7 Å². The van der Waals surface area contributed by atoms with Crippen LogP contribution in [0.25, 0.3) is 0 Å². The van der Waals surface area contributed by atoms with Gasteiger partial charge >= 0.3 is 6.03 Å². The molecule has 0 bridgehead atoms. The van der Waals surface area contributed by atoms with E-state index in [0.29, 0.717) is 38.9 Å². The maximum absolute atomic E-state index is 14.3. The highest BCUT2D eigenvalue weighted by atomic mass is 16.2. The molecule has 12 nitrogen and oxygen atoms in total. The van der Waals surface area contributed by atoms with Crippen molar-refractivity contribution >= 4 is 35.4 Å². The minimum atomic E-state index is -1.02. The average Bonchev–Trinajstić information content (AvgIpc) is 3.31. The van der Waals surface area contributed by atoms with Gasteiger partial charge in [0.2, 0.25) is 23.5 Å². The number of fused-ring (bicyclic) bond motifs is 1. The fourth-order valence-electron chi connectivity index (χ4n) is 7.03. The third-order valence-corrected chi connectivity index (χ3v) is 10.2. The maximum atomic E-state index is 14.3. The third kappa shape index (κ3) is 9.13. The molecule has 6 amide bonds. The van der Waals surface area contributed by atoms with E-state index in [0.717, 1.165) is 19.3 Å². The van der Waals surface area contributed by atoms with Gasteiger partial charge in [0.1, 0.15) is 12.1 Å². The standard InChI is InChI=1S/C35H58N6O6/c1-10-12-15-23(28(43)31(45)36-17-11-2)37-30(44)27-26-22(35(26,8)9)19-41(27)32(46)29(34(5,6)7)39-33(47)38-24(21(3)4)20-40-18-14-13-16-25(40)42/h11,21-24,26-27,29H,2,10,12-20H2,1,3-9H3,(H,36,45)(H,37,44)(H2,38,39,47)/t22?,23?,24-,26+,27+,29-/m1/s1. The van der Waals surface area contributed by atoms with Crippen LogP contribution in [-0.2, 0) is 24.0 Å². The summed E-state index contributed by atoms with van der Waals surface area (Å²) in [5, 5.41) is 11.2. The van der Waals surface area contributed by atoms with Gasteiger partial charge in [0.05, 0.1) is 12.1 Å². The highest BCUT2D eigenvalue weighted by molar-refractivity contribution is 6.38. The van der Waals surface area contributed by atoms with Crippen LogP contribution in [-0.4, -0.2) is 95.6 Å². The first-order valence-corrected chi connectivity index (χ1v) is 17.3. The Labute approximate surface area is 280 Å². The molecule has 0 aromatic carbocycles. The van der Waals surface area contributed by atoms with E-state index < -0.39 is 47.2 Å². The second-order valence-electron chi connectivity index (χ2n) is 15.5. The lowest BCUT2D eigenvalue weighted by atomic mass is 9.85.